The minimum absolute atomic E-state index is 0.0713. The molecular formula is C15H26BrN3O. The first kappa shape index (κ1) is 17.2. The van der Waals surface area contributed by atoms with E-state index in [4.69, 9.17) is 5.73 Å². The van der Waals surface area contributed by atoms with Crippen molar-refractivity contribution >= 4 is 21.8 Å². The number of nitrogens with one attached hydrogen (secondary N) is 1. The molecule has 0 aliphatic heterocycles. The van der Waals surface area contributed by atoms with E-state index >= 15 is 0 Å². The largest absolute Gasteiger partial charge is 0.344 e. The molecule has 0 saturated heterocycles. The van der Waals surface area contributed by atoms with Crippen LogP contribution in [0.15, 0.2) is 16.7 Å². The minimum atomic E-state index is -0.371. The quantitative estimate of drug-likeness (QED) is 0.832. The number of halogens is 1. The van der Waals surface area contributed by atoms with Crippen LogP contribution in [0.4, 0.5) is 0 Å². The summed E-state index contributed by atoms with van der Waals surface area (Å²) in [5.41, 5.74) is 6.15. The number of carbonyl (C=O) groups excluding carboxylic acids is 1. The highest BCUT2D eigenvalue weighted by atomic mass is 79.9. The number of rotatable bonds is 6. The molecule has 4 nitrogen and oxygen atoms in total. The van der Waals surface area contributed by atoms with Crippen molar-refractivity contribution in [3.63, 3.8) is 0 Å². The zero-order chi connectivity index (χ0) is 15.5. The number of hydrogen-bond donors (Lipinski definition) is 2. The maximum Gasteiger partial charge on any atom is 0.268 e. The minimum Gasteiger partial charge on any atom is -0.344 e. The second kappa shape index (κ2) is 6.76. The molecule has 20 heavy (non-hydrogen) atoms. The second-order valence-electron chi connectivity index (χ2n) is 6.36. The smallest absolute Gasteiger partial charge is 0.268 e. The summed E-state index contributed by atoms with van der Waals surface area (Å²) < 4.78 is 2.88. The van der Waals surface area contributed by atoms with Gasteiger partial charge in [0.1, 0.15) is 5.69 Å². The Hall–Kier alpha value is -0.810. The summed E-state index contributed by atoms with van der Waals surface area (Å²) in [7, 11) is 0. The van der Waals surface area contributed by atoms with E-state index in [1.165, 1.54) is 0 Å². The van der Waals surface area contributed by atoms with E-state index < -0.39 is 0 Å². The fraction of sp³-hybridized carbons (Fsp3) is 0.667. The molecule has 0 spiro atoms. The molecule has 114 valence electrons. The van der Waals surface area contributed by atoms with Crippen molar-refractivity contribution in [3.05, 3.63) is 22.4 Å². The SMILES string of the molecule is CC(C)CC(C)(CN)NC(=O)c1cc(Br)cn1C(C)C. The second-order valence-corrected chi connectivity index (χ2v) is 7.28. The Balaban J connectivity index is 2.95. The predicted molar refractivity (Wildman–Crippen MR) is 86.9 cm³/mol. The highest BCUT2D eigenvalue weighted by molar-refractivity contribution is 9.10. The summed E-state index contributed by atoms with van der Waals surface area (Å²) in [5, 5.41) is 3.09. The van der Waals surface area contributed by atoms with Gasteiger partial charge in [-0.1, -0.05) is 13.8 Å². The Labute approximate surface area is 130 Å². The summed E-state index contributed by atoms with van der Waals surface area (Å²) in [6.45, 7) is 10.8. The van der Waals surface area contributed by atoms with E-state index in [2.05, 4.69) is 48.9 Å². The van der Waals surface area contributed by atoms with E-state index in [0.717, 1.165) is 10.9 Å². The third-order valence-electron chi connectivity index (χ3n) is 3.33. The average Bonchev–Trinajstić information content (AvgIpc) is 2.70. The first-order valence-electron chi connectivity index (χ1n) is 7.08. The molecule has 0 bridgehead atoms. The van der Waals surface area contributed by atoms with Crippen LogP contribution in [0.2, 0.25) is 0 Å². The van der Waals surface area contributed by atoms with Gasteiger partial charge in [-0.3, -0.25) is 4.79 Å². The van der Waals surface area contributed by atoms with Crippen molar-refractivity contribution in [1.29, 1.82) is 0 Å². The Bertz CT molecular complexity index is 468. The third-order valence-corrected chi connectivity index (χ3v) is 3.76. The number of aromatic nitrogens is 1. The van der Waals surface area contributed by atoms with Gasteiger partial charge in [-0.25, -0.2) is 0 Å². The molecule has 1 atom stereocenters. The van der Waals surface area contributed by atoms with Crippen LogP contribution in [-0.4, -0.2) is 22.6 Å². The Kier molecular flexibility index (Phi) is 5.83. The Morgan fingerprint density at radius 2 is 2.05 bits per heavy atom. The Morgan fingerprint density at radius 3 is 2.50 bits per heavy atom. The van der Waals surface area contributed by atoms with Gasteiger partial charge >= 0.3 is 0 Å². The molecule has 1 heterocycles. The average molecular weight is 344 g/mol. The maximum absolute atomic E-state index is 12.5. The van der Waals surface area contributed by atoms with Crippen molar-refractivity contribution in [3.8, 4) is 0 Å². The highest BCUT2D eigenvalue weighted by Gasteiger charge is 2.27. The summed E-state index contributed by atoms with van der Waals surface area (Å²) in [6, 6.07) is 2.08. The summed E-state index contributed by atoms with van der Waals surface area (Å²) in [5.74, 6) is 0.408. The van der Waals surface area contributed by atoms with Gasteiger partial charge in [-0.15, -0.1) is 0 Å². The lowest BCUT2D eigenvalue weighted by Crippen LogP contribution is -2.52. The molecule has 0 saturated carbocycles. The predicted octanol–water partition coefficient (Wildman–Crippen LogP) is 3.32. The van der Waals surface area contributed by atoms with Gasteiger partial charge in [0.05, 0.1) is 5.54 Å². The van der Waals surface area contributed by atoms with Crippen LogP contribution in [-0.2, 0) is 0 Å². The zero-order valence-electron chi connectivity index (χ0n) is 13.0. The molecule has 1 unspecified atom stereocenters. The normalized spacial score (nSPS) is 14.7. The van der Waals surface area contributed by atoms with E-state index in [1.54, 1.807) is 0 Å². The van der Waals surface area contributed by atoms with Crippen LogP contribution in [0, 0.1) is 5.92 Å². The van der Waals surface area contributed by atoms with Crippen molar-refractivity contribution in [2.45, 2.75) is 52.6 Å². The van der Waals surface area contributed by atoms with Gasteiger partial charge in [-0.05, 0) is 55.1 Å². The van der Waals surface area contributed by atoms with Crippen LogP contribution in [0.5, 0.6) is 0 Å². The molecule has 0 aliphatic carbocycles. The van der Waals surface area contributed by atoms with Crippen molar-refractivity contribution in [2.75, 3.05) is 6.54 Å². The topological polar surface area (TPSA) is 60.0 Å². The zero-order valence-corrected chi connectivity index (χ0v) is 14.6. The molecule has 3 N–H and O–H groups in total. The molecule has 0 aromatic carbocycles. The van der Waals surface area contributed by atoms with Gasteiger partial charge in [0.15, 0.2) is 0 Å². The van der Waals surface area contributed by atoms with Crippen molar-refractivity contribution in [1.82, 2.24) is 9.88 Å². The van der Waals surface area contributed by atoms with Crippen molar-refractivity contribution in [2.24, 2.45) is 11.7 Å². The molecule has 0 aliphatic rings. The molecule has 0 radical (unpaired) electrons. The summed E-state index contributed by atoms with van der Waals surface area (Å²) >= 11 is 3.43. The maximum atomic E-state index is 12.5. The Morgan fingerprint density at radius 1 is 1.45 bits per heavy atom. The lowest BCUT2D eigenvalue weighted by atomic mass is 9.90. The summed E-state index contributed by atoms with van der Waals surface area (Å²) in [6.07, 6.45) is 2.79. The molecule has 1 aromatic heterocycles. The number of carbonyl (C=O) groups is 1. The van der Waals surface area contributed by atoms with Crippen LogP contribution in [0.3, 0.4) is 0 Å². The number of amides is 1. The van der Waals surface area contributed by atoms with Gasteiger partial charge in [0.25, 0.3) is 5.91 Å². The fourth-order valence-electron chi connectivity index (χ4n) is 2.48. The van der Waals surface area contributed by atoms with Crippen LogP contribution >= 0.6 is 15.9 Å². The van der Waals surface area contributed by atoms with Crippen LogP contribution in [0.25, 0.3) is 0 Å². The first-order chi connectivity index (χ1) is 9.18. The lowest BCUT2D eigenvalue weighted by molar-refractivity contribution is 0.0887. The van der Waals surface area contributed by atoms with Crippen LogP contribution < -0.4 is 11.1 Å². The number of nitrogens with two attached hydrogens (primary N) is 1. The molecule has 1 amide bonds. The molecule has 1 rings (SSSR count). The fourth-order valence-corrected chi connectivity index (χ4v) is 2.92. The van der Waals surface area contributed by atoms with Gasteiger partial charge in [0.2, 0.25) is 0 Å². The van der Waals surface area contributed by atoms with Crippen LogP contribution in [0.1, 0.15) is 57.6 Å². The summed E-state index contributed by atoms with van der Waals surface area (Å²) in [4.78, 5) is 12.5. The van der Waals surface area contributed by atoms with Gasteiger partial charge < -0.3 is 15.6 Å². The standard InChI is InChI=1S/C15H26BrN3O/c1-10(2)7-15(5,9-17)18-14(20)13-6-12(16)8-19(13)11(3)4/h6,8,10-11H,7,9,17H2,1-5H3,(H,18,20). The molecule has 5 heteroatoms. The van der Waals surface area contributed by atoms with E-state index in [0.29, 0.717) is 18.2 Å². The van der Waals surface area contributed by atoms with Gasteiger partial charge in [0, 0.05) is 23.3 Å². The molecule has 0 fully saturated rings. The van der Waals surface area contributed by atoms with E-state index in [9.17, 15) is 4.79 Å². The van der Waals surface area contributed by atoms with Crippen molar-refractivity contribution < 1.29 is 4.79 Å². The monoisotopic (exact) mass is 343 g/mol. The number of nitrogens with zero attached hydrogens (tertiary/aromatic N) is 1. The van der Waals surface area contributed by atoms with E-state index in [-0.39, 0.29) is 17.5 Å². The van der Waals surface area contributed by atoms with E-state index in [1.807, 2.05) is 23.8 Å². The number of hydrogen-bond acceptors (Lipinski definition) is 2. The third kappa shape index (κ3) is 4.35. The van der Waals surface area contributed by atoms with Gasteiger partial charge in [-0.2, -0.15) is 0 Å². The highest BCUT2D eigenvalue weighted by Crippen LogP contribution is 2.21. The first-order valence-corrected chi connectivity index (χ1v) is 7.88. The molecule has 1 aromatic rings. The molecular weight excluding hydrogens is 318 g/mol. The lowest BCUT2D eigenvalue weighted by Gasteiger charge is -2.31.